The molecule has 10 heteroatoms. The van der Waals surface area contributed by atoms with Crippen LogP contribution in [0.15, 0.2) is 4.36 Å². The standard InChI is InChI=1S/C18H36N4O4S2/c23-27(24)21-18(11-13-19-15-16-7-4-5-8-16)22-28(25,26)14-6-12-20-17-9-2-1-3-10-17/h16-20,22H,1-15H2. The molecular formula is C18H36N4O4S2. The summed E-state index contributed by atoms with van der Waals surface area (Å²) >= 11 is 0. The van der Waals surface area contributed by atoms with E-state index >= 15 is 0 Å². The van der Waals surface area contributed by atoms with E-state index in [0.29, 0.717) is 37.9 Å². The molecule has 8 nitrogen and oxygen atoms in total. The number of rotatable bonds is 13. The van der Waals surface area contributed by atoms with Crippen molar-refractivity contribution in [1.82, 2.24) is 15.4 Å². The Morgan fingerprint density at radius 3 is 2.32 bits per heavy atom. The third-order valence-corrected chi connectivity index (χ3v) is 7.54. The average Bonchev–Trinajstić information content (AvgIpc) is 3.16. The highest BCUT2D eigenvalue weighted by atomic mass is 32.2. The van der Waals surface area contributed by atoms with Gasteiger partial charge in [-0.2, -0.15) is 17.5 Å². The monoisotopic (exact) mass is 436 g/mol. The molecule has 0 aliphatic heterocycles. The van der Waals surface area contributed by atoms with E-state index in [1.165, 1.54) is 44.9 Å². The summed E-state index contributed by atoms with van der Waals surface area (Å²) in [6.07, 6.45) is 11.0. The van der Waals surface area contributed by atoms with Crippen molar-refractivity contribution in [2.24, 2.45) is 10.3 Å². The Kier molecular flexibility index (Phi) is 10.9. The minimum atomic E-state index is -3.57. The Hall–Kier alpha value is -0.550. The predicted octanol–water partition coefficient (Wildman–Crippen LogP) is 1.78. The highest BCUT2D eigenvalue weighted by Gasteiger charge is 2.19. The number of nitrogens with one attached hydrogen (secondary N) is 3. The van der Waals surface area contributed by atoms with E-state index in [4.69, 9.17) is 0 Å². The lowest BCUT2D eigenvalue weighted by atomic mass is 9.95. The third kappa shape index (κ3) is 10.3. The summed E-state index contributed by atoms with van der Waals surface area (Å²) in [6, 6.07) is 0.501. The highest BCUT2D eigenvalue weighted by Crippen LogP contribution is 2.23. The molecule has 0 aromatic heterocycles. The lowest BCUT2D eigenvalue weighted by Gasteiger charge is -2.22. The lowest BCUT2D eigenvalue weighted by molar-refractivity contribution is 0.374. The van der Waals surface area contributed by atoms with Crippen LogP contribution in [0.2, 0.25) is 0 Å². The van der Waals surface area contributed by atoms with Crippen LogP contribution in [0, 0.1) is 5.92 Å². The van der Waals surface area contributed by atoms with Crippen molar-refractivity contribution in [3.05, 3.63) is 0 Å². The second-order valence-corrected chi connectivity index (χ2v) is 10.6. The van der Waals surface area contributed by atoms with Gasteiger partial charge in [0.2, 0.25) is 10.0 Å². The quantitative estimate of drug-likeness (QED) is 0.379. The molecule has 0 aromatic rings. The van der Waals surface area contributed by atoms with Gasteiger partial charge in [0.05, 0.1) is 5.75 Å². The second-order valence-electron chi connectivity index (χ2n) is 8.06. The van der Waals surface area contributed by atoms with E-state index in [1.807, 2.05) is 0 Å². The second kappa shape index (κ2) is 12.9. The normalized spacial score (nSPS) is 20.3. The van der Waals surface area contributed by atoms with Gasteiger partial charge in [-0.1, -0.05) is 32.1 Å². The van der Waals surface area contributed by atoms with Gasteiger partial charge in [-0.15, -0.1) is 0 Å². The lowest BCUT2D eigenvalue weighted by Crippen LogP contribution is -2.38. The van der Waals surface area contributed by atoms with E-state index in [-0.39, 0.29) is 5.75 Å². The van der Waals surface area contributed by atoms with Gasteiger partial charge in [-0.25, -0.2) is 8.42 Å². The molecule has 0 spiro atoms. The first-order chi connectivity index (χ1) is 13.4. The van der Waals surface area contributed by atoms with E-state index in [1.54, 1.807) is 0 Å². The van der Waals surface area contributed by atoms with Crippen molar-refractivity contribution in [2.45, 2.75) is 82.8 Å². The third-order valence-electron chi connectivity index (χ3n) is 5.66. The largest absolute Gasteiger partial charge is 0.316 e. The summed E-state index contributed by atoms with van der Waals surface area (Å²) in [6.45, 7) is 2.09. The SMILES string of the molecule is O=S(=O)=NC(CCNCC1CCCC1)NS(=O)(=O)CCCNC1CCCCC1. The molecule has 164 valence electrons. The Bertz CT molecular complexity index is 662. The smallest absolute Gasteiger partial charge is 0.312 e. The topological polar surface area (TPSA) is 117 Å². The highest BCUT2D eigenvalue weighted by molar-refractivity contribution is 7.89. The fourth-order valence-corrected chi connectivity index (χ4v) is 5.80. The summed E-state index contributed by atoms with van der Waals surface area (Å²) in [5, 5.41) is 6.72. The minimum Gasteiger partial charge on any atom is -0.316 e. The van der Waals surface area contributed by atoms with Crippen molar-refractivity contribution < 1.29 is 16.8 Å². The van der Waals surface area contributed by atoms with Crippen LogP contribution >= 0.6 is 0 Å². The van der Waals surface area contributed by atoms with Crippen LogP contribution in [0.3, 0.4) is 0 Å². The number of hydrogen-bond acceptors (Lipinski definition) is 7. The van der Waals surface area contributed by atoms with Crippen LogP contribution < -0.4 is 15.4 Å². The molecule has 2 fully saturated rings. The van der Waals surface area contributed by atoms with Crippen LogP contribution in [0.5, 0.6) is 0 Å². The zero-order valence-electron chi connectivity index (χ0n) is 16.7. The first-order valence-corrected chi connectivity index (χ1v) is 13.4. The van der Waals surface area contributed by atoms with Crippen molar-refractivity contribution in [3.8, 4) is 0 Å². The maximum atomic E-state index is 12.3. The van der Waals surface area contributed by atoms with Crippen LogP contribution in [0.4, 0.5) is 0 Å². The van der Waals surface area contributed by atoms with Crippen LogP contribution in [0.1, 0.15) is 70.6 Å². The van der Waals surface area contributed by atoms with Crippen molar-refractivity contribution >= 4 is 20.5 Å². The van der Waals surface area contributed by atoms with E-state index in [0.717, 1.165) is 19.4 Å². The molecule has 0 radical (unpaired) electrons. The molecule has 2 saturated carbocycles. The molecule has 1 unspecified atom stereocenters. The summed E-state index contributed by atoms with van der Waals surface area (Å²) in [7, 11) is -6.21. The summed E-state index contributed by atoms with van der Waals surface area (Å²) in [5.74, 6) is 0.650. The Labute approximate surface area is 171 Å². The molecule has 0 heterocycles. The summed E-state index contributed by atoms with van der Waals surface area (Å²) in [5.41, 5.74) is 0. The van der Waals surface area contributed by atoms with Gasteiger partial charge in [0.15, 0.2) is 0 Å². The van der Waals surface area contributed by atoms with Gasteiger partial charge in [0, 0.05) is 6.04 Å². The maximum Gasteiger partial charge on any atom is 0.312 e. The number of sulfonamides is 1. The van der Waals surface area contributed by atoms with Crippen molar-refractivity contribution in [1.29, 1.82) is 0 Å². The molecule has 28 heavy (non-hydrogen) atoms. The summed E-state index contributed by atoms with van der Waals surface area (Å²) < 4.78 is 52.4. The van der Waals surface area contributed by atoms with Crippen molar-refractivity contribution in [3.63, 3.8) is 0 Å². The Balaban J connectivity index is 1.68. The maximum absolute atomic E-state index is 12.3. The molecule has 2 rings (SSSR count). The van der Waals surface area contributed by atoms with Crippen molar-refractivity contribution in [2.75, 3.05) is 25.4 Å². The molecular weight excluding hydrogens is 400 g/mol. The molecule has 3 N–H and O–H groups in total. The van der Waals surface area contributed by atoms with Gasteiger partial charge in [0.25, 0.3) is 0 Å². The molecule has 0 saturated heterocycles. The zero-order valence-corrected chi connectivity index (χ0v) is 18.4. The van der Waals surface area contributed by atoms with Gasteiger partial charge in [0.1, 0.15) is 6.17 Å². The van der Waals surface area contributed by atoms with Crippen LogP contribution in [-0.2, 0) is 20.5 Å². The van der Waals surface area contributed by atoms with E-state index in [2.05, 4.69) is 19.7 Å². The fourth-order valence-electron chi connectivity index (χ4n) is 4.14. The number of nitrogens with zero attached hydrogens (tertiary/aromatic N) is 1. The summed E-state index contributed by atoms with van der Waals surface area (Å²) in [4.78, 5) is 0. The van der Waals surface area contributed by atoms with Crippen LogP contribution in [0.25, 0.3) is 0 Å². The molecule has 0 amide bonds. The fraction of sp³-hybridized carbons (Fsp3) is 1.00. The molecule has 2 aliphatic carbocycles. The van der Waals surface area contributed by atoms with Gasteiger partial charge >= 0.3 is 10.5 Å². The minimum absolute atomic E-state index is 0.0280. The Morgan fingerprint density at radius 2 is 1.64 bits per heavy atom. The molecule has 0 bridgehead atoms. The molecule has 0 aromatic carbocycles. The Morgan fingerprint density at radius 1 is 0.964 bits per heavy atom. The molecule has 1 atom stereocenters. The van der Waals surface area contributed by atoms with E-state index < -0.39 is 26.7 Å². The predicted molar refractivity (Wildman–Crippen MR) is 111 cm³/mol. The van der Waals surface area contributed by atoms with Gasteiger partial charge < -0.3 is 10.6 Å². The van der Waals surface area contributed by atoms with Gasteiger partial charge in [-0.3, -0.25) is 0 Å². The first-order valence-electron chi connectivity index (χ1n) is 10.7. The average molecular weight is 437 g/mol. The zero-order chi connectivity index (χ0) is 20.2. The first kappa shape index (κ1) is 23.7. The van der Waals surface area contributed by atoms with Gasteiger partial charge in [-0.05, 0) is 64.1 Å². The number of hydrogen-bond donors (Lipinski definition) is 3. The molecule has 2 aliphatic rings. The van der Waals surface area contributed by atoms with Crippen LogP contribution in [-0.4, -0.2) is 54.4 Å². The van der Waals surface area contributed by atoms with E-state index in [9.17, 15) is 16.8 Å².